The van der Waals surface area contributed by atoms with Gasteiger partial charge >= 0.3 is 0 Å². The van der Waals surface area contributed by atoms with E-state index in [2.05, 4.69) is 0 Å². The zero-order valence-electron chi connectivity index (χ0n) is 12.3. The van der Waals surface area contributed by atoms with Gasteiger partial charge in [-0.05, 0) is 37.4 Å². The van der Waals surface area contributed by atoms with Crippen molar-refractivity contribution in [2.45, 2.75) is 25.7 Å². The van der Waals surface area contributed by atoms with Gasteiger partial charge in [0.15, 0.2) is 0 Å². The lowest BCUT2D eigenvalue weighted by Gasteiger charge is -2.32. The summed E-state index contributed by atoms with van der Waals surface area (Å²) in [6, 6.07) is 7.60. The first kappa shape index (κ1) is 14.9. The highest BCUT2D eigenvalue weighted by molar-refractivity contribution is 5.95. The number of carbonyl (C=O) groups excluding carboxylic acids is 1. The number of hydrogen-bond donors (Lipinski definition) is 1. The quantitative estimate of drug-likeness (QED) is 0.919. The van der Waals surface area contributed by atoms with Crippen LogP contribution in [0.5, 0.6) is 5.75 Å². The van der Waals surface area contributed by atoms with Gasteiger partial charge in [-0.2, -0.15) is 0 Å². The van der Waals surface area contributed by atoms with E-state index in [-0.39, 0.29) is 11.8 Å². The summed E-state index contributed by atoms with van der Waals surface area (Å²) in [5.74, 6) is 1.32. The van der Waals surface area contributed by atoms with E-state index in [4.69, 9.17) is 10.5 Å². The average Bonchev–Trinajstić information content (AvgIpc) is 2.53. The van der Waals surface area contributed by atoms with Gasteiger partial charge in [-0.15, -0.1) is 0 Å². The molecule has 4 nitrogen and oxygen atoms in total. The van der Waals surface area contributed by atoms with E-state index in [1.807, 2.05) is 31.3 Å². The summed E-state index contributed by atoms with van der Waals surface area (Å²) in [7, 11) is 3.46. The topological polar surface area (TPSA) is 55.6 Å². The molecule has 2 unspecified atom stereocenters. The summed E-state index contributed by atoms with van der Waals surface area (Å²) in [6.45, 7) is 0.600. The lowest BCUT2D eigenvalue weighted by Crippen LogP contribution is -2.40. The SMILES string of the molecule is COc1cccc(N(C)C(=O)C2CCCCC2CN)c1. The lowest BCUT2D eigenvalue weighted by molar-refractivity contribution is -0.124. The predicted octanol–water partition coefficient (Wildman–Crippen LogP) is 2.42. The van der Waals surface area contributed by atoms with E-state index in [1.165, 1.54) is 6.42 Å². The Bertz CT molecular complexity index is 462. The van der Waals surface area contributed by atoms with Gasteiger partial charge in [0.05, 0.1) is 7.11 Å². The molecule has 0 spiro atoms. The zero-order chi connectivity index (χ0) is 14.5. The second-order valence-corrected chi connectivity index (χ2v) is 5.49. The molecule has 1 saturated carbocycles. The van der Waals surface area contributed by atoms with Gasteiger partial charge in [0.1, 0.15) is 5.75 Å². The van der Waals surface area contributed by atoms with Crippen molar-refractivity contribution in [1.82, 2.24) is 0 Å². The van der Waals surface area contributed by atoms with Crippen molar-refractivity contribution in [1.29, 1.82) is 0 Å². The van der Waals surface area contributed by atoms with Gasteiger partial charge in [-0.1, -0.05) is 18.9 Å². The first-order valence-corrected chi connectivity index (χ1v) is 7.29. The minimum absolute atomic E-state index is 0.0601. The van der Waals surface area contributed by atoms with E-state index in [0.717, 1.165) is 30.7 Å². The third-order valence-electron chi connectivity index (χ3n) is 4.30. The minimum atomic E-state index is 0.0601. The number of methoxy groups -OCH3 is 1. The fraction of sp³-hybridized carbons (Fsp3) is 0.562. The average molecular weight is 276 g/mol. The van der Waals surface area contributed by atoms with E-state index in [9.17, 15) is 4.79 Å². The number of nitrogens with zero attached hydrogens (tertiary/aromatic N) is 1. The fourth-order valence-corrected chi connectivity index (χ4v) is 3.01. The van der Waals surface area contributed by atoms with Crippen LogP contribution in [0.1, 0.15) is 25.7 Å². The molecule has 0 aliphatic heterocycles. The standard InChI is InChI=1S/C16H24N2O2/c1-18(13-7-5-8-14(10-13)20-2)16(19)15-9-4-3-6-12(15)11-17/h5,7-8,10,12,15H,3-4,6,9,11,17H2,1-2H3. The molecule has 0 saturated heterocycles. The van der Waals surface area contributed by atoms with Crippen LogP contribution in [0.4, 0.5) is 5.69 Å². The van der Waals surface area contributed by atoms with Crippen LogP contribution in [0.2, 0.25) is 0 Å². The number of ether oxygens (including phenoxy) is 1. The van der Waals surface area contributed by atoms with Gasteiger partial charge in [-0.25, -0.2) is 0 Å². The molecule has 1 fully saturated rings. The number of nitrogens with two attached hydrogens (primary N) is 1. The van der Waals surface area contributed by atoms with E-state index < -0.39 is 0 Å². The van der Waals surface area contributed by atoms with Crippen LogP contribution in [0, 0.1) is 11.8 Å². The third-order valence-corrected chi connectivity index (χ3v) is 4.30. The number of benzene rings is 1. The number of amides is 1. The largest absolute Gasteiger partial charge is 0.497 e. The van der Waals surface area contributed by atoms with Crippen LogP contribution in [-0.2, 0) is 4.79 Å². The van der Waals surface area contributed by atoms with E-state index in [0.29, 0.717) is 12.5 Å². The van der Waals surface area contributed by atoms with Gasteiger partial charge in [0, 0.05) is 24.7 Å². The van der Waals surface area contributed by atoms with Crippen molar-refractivity contribution >= 4 is 11.6 Å². The zero-order valence-corrected chi connectivity index (χ0v) is 12.3. The summed E-state index contributed by atoms with van der Waals surface area (Å²) in [6.07, 6.45) is 4.33. The van der Waals surface area contributed by atoms with Crippen LogP contribution in [-0.4, -0.2) is 26.6 Å². The molecule has 1 aliphatic rings. The van der Waals surface area contributed by atoms with Gasteiger partial charge in [0.2, 0.25) is 5.91 Å². The molecule has 0 aromatic heterocycles. The Kier molecular flexibility index (Phi) is 5.01. The van der Waals surface area contributed by atoms with Crippen LogP contribution in [0.3, 0.4) is 0 Å². The summed E-state index contributed by atoms with van der Waals surface area (Å²) < 4.78 is 5.21. The second-order valence-electron chi connectivity index (χ2n) is 5.49. The Balaban J connectivity index is 2.14. The van der Waals surface area contributed by atoms with Crippen LogP contribution >= 0.6 is 0 Å². The van der Waals surface area contributed by atoms with Crippen molar-refractivity contribution < 1.29 is 9.53 Å². The molecule has 2 rings (SSSR count). The lowest BCUT2D eigenvalue weighted by atomic mass is 9.78. The molecule has 0 radical (unpaired) electrons. The molecular weight excluding hydrogens is 252 g/mol. The van der Waals surface area contributed by atoms with Crippen LogP contribution < -0.4 is 15.4 Å². The van der Waals surface area contributed by atoms with Crippen LogP contribution in [0.15, 0.2) is 24.3 Å². The molecule has 0 heterocycles. The van der Waals surface area contributed by atoms with Crippen molar-refractivity contribution in [2.24, 2.45) is 17.6 Å². The highest BCUT2D eigenvalue weighted by Crippen LogP contribution is 2.32. The van der Waals surface area contributed by atoms with Crippen molar-refractivity contribution in [3.8, 4) is 5.75 Å². The smallest absolute Gasteiger partial charge is 0.230 e. The first-order valence-electron chi connectivity index (χ1n) is 7.29. The molecule has 4 heteroatoms. The van der Waals surface area contributed by atoms with Gasteiger partial charge in [-0.3, -0.25) is 4.79 Å². The fourth-order valence-electron chi connectivity index (χ4n) is 3.01. The molecule has 0 bridgehead atoms. The normalized spacial score (nSPS) is 22.4. The molecule has 1 aromatic rings. The maximum atomic E-state index is 12.7. The Hall–Kier alpha value is -1.55. The highest BCUT2D eigenvalue weighted by atomic mass is 16.5. The Morgan fingerprint density at radius 3 is 2.85 bits per heavy atom. The van der Waals surface area contributed by atoms with Gasteiger partial charge < -0.3 is 15.4 Å². The summed E-state index contributed by atoms with van der Waals surface area (Å²) in [5.41, 5.74) is 6.70. The van der Waals surface area contributed by atoms with Crippen molar-refractivity contribution in [3.05, 3.63) is 24.3 Å². The summed E-state index contributed by atoms with van der Waals surface area (Å²) in [5, 5.41) is 0. The summed E-state index contributed by atoms with van der Waals surface area (Å²) in [4.78, 5) is 14.4. The number of anilines is 1. The van der Waals surface area contributed by atoms with Crippen molar-refractivity contribution in [3.63, 3.8) is 0 Å². The second kappa shape index (κ2) is 6.75. The molecule has 20 heavy (non-hydrogen) atoms. The number of hydrogen-bond acceptors (Lipinski definition) is 3. The minimum Gasteiger partial charge on any atom is -0.497 e. The molecule has 2 atom stereocenters. The number of carbonyl (C=O) groups is 1. The molecule has 1 aromatic carbocycles. The summed E-state index contributed by atoms with van der Waals surface area (Å²) >= 11 is 0. The highest BCUT2D eigenvalue weighted by Gasteiger charge is 2.32. The van der Waals surface area contributed by atoms with Gasteiger partial charge in [0.25, 0.3) is 0 Å². The van der Waals surface area contributed by atoms with E-state index in [1.54, 1.807) is 12.0 Å². The predicted molar refractivity (Wildman–Crippen MR) is 80.9 cm³/mol. The van der Waals surface area contributed by atoms with E-state index >= 15 is 0 Å². The molecule has 110 valence electrons. The Labute approximate surface area is 120 Å². The monoisotopic (exact) mass is 276 g/mol. The first-order chi connectivity index (χ1) is 9.67. The Morgan fingerprint density at radius 2 is 2.15 bits per heavy atom. The molecule has 1 amide bonds. The molecule has 2 N–H and O–H groups in total. The van der Waals surface area contributed by atoms with Crippen molar-refractivity contribution in [2.75, 3.05) is 25.6 Å². The van der Waals surface area contributed by atoms with Crippen LogP contribution in [0.25, 0.3) is 0 Å². The Morgan fingerprint density at radius 1 is 1.40 bits per heavy atom. The third kappa shape index (κ3) is 3.12. The maximum absolute atomic E-state index is 12.7. The molecule has 1 aliphatic carbocycles. The number of rotatable bonds is 4. The molecular formula is C16H24N2O2. The maximum Gasteiger partial charge on any atom is 0.230 e.